The van der Waals surface area contributed by atoms with Gasteiger partial charge in [0.25, 0.3) is 0 Å². The molecule has 3 aromatic heterocycles. The lowest BCUT2D eigenvalue weighted by molar-refractivity contribution is 0.0886. The number of fused-ring (bicyclic) bond motifs is 3. The van der Waals surface area contributed by atoms with Gasteiger partial charge >= 0.3 is 0 Å². The molecule has 1 fully saturated rings. The van der Waals surface area contributed by atoms with Crippen LogP contribution in [-0.2, 0) is 12.0 Å². The largest absolute Gasteiger partial charge is 0.489 e. The van der Waals surface area contributed by atoms with Gasteiger partial charge < -0.3 is 24.6 Å². The molecular weight excluding hydrogens is 504 g/mol. The molecule has 2 N–H and O–H groups in total. The van der Waals surface area contributed by atoms with E-state index >= 15 is 4.39 Å². The van der Waals surface area contributed by atoms with Crippen molar-refractivity contribution in [3.05, 3.63) is 54.1 Å². The average Bonchev–Trinajstić information content (AvgIpc) is 3.45. The molecule has 2 aliphatic rings. The van der Waals surface area contributed by atoms with E-state index in [0.717, 1.165) is 50.8 Å². The first-order valence-corrected chi connectivity index (χ1v) is 13.3. The van der Waals surface area contributed by atoms with E-state index in [1.54, 1.807) is 18.3 Å². The second kappa shape index (κ2) is 10.1. The molecule has 11 heteroatoms. The summed E-state index contributed by atoms with van der Waals surface area (Å²) in [6.07, 6.45) is 6.25. The Morgan fingerprint density at radius 2 is 1.90 bits per heavy atom. The van der Waals surface area contributed by atoms with Gasteiger partial charge in [-0.25, -0.2) is 28.7 Å². The number of benzene rings is 1. The Kier molecular flexibility index (Phi) is 6.64. The molecule has 1 saturated heterocycles. The van der Waals surface area contributed by atoms with E-state index in [1.807, 2.05) is 10.6 Å². The van der Waals surface area contributed by atoms with Crippen molar-refractivity contribution in [1.82, 2.24) is 29.4 Å². The van der Waals surface area contributed by atoms with Gasteiger partial charge in [0.15, 0.2) is 11.6 Å². The van der Waals surface area contributed by atoms with Gasteiger partial charge in [-0.05, 0) is 57.4 Å². The number of halogens is 2. The monoisotopic (exact) mass is 535 g/mol. The van der Waals surface area contributed by atoms with Gasteiger partial charge in [-0.2, -0.15) is 0 Å². The van der Waals surface area contributed by atoms with Crippen LogP contribution in [0.4, 0.5) is 20.5 Å². The summed E-state index contributed by atoms with van der Waals surface area (Å²) in [5, 5.41) is 12.1. The van der Waals surface area contributed by atoms with Crippen LogP contribution in [0.3, 0.4) is 0 Å². The van der Waals surface area contributed by atoms with E-state index in [-0.39, 0.29) is 35.4 Å². The number of piperidine rings is 1. The summed E-state index contributed by atoms with van der Waals surface area (Å²) < 4.78 is 38.1. The van der Waals surface area contributed by atoms with Crippen molar-refractivity contribution < 1.29 is 18.6 Å². The number of β-amino-alcohol motifs (C(OH)–C–C–N with tert-alkyl or cyclic N) is 1. The highest BCUT2D eigenvalue weighted by atomic mass is 19.1. The SMILES string of the molecule is CC1(C)CCc2nc3c(F)cc(-c4nc(Nc5ccc(OC6CCN(CCO)CC6)cn5)ncc4F)cc3n21. The van der Waals surface area contributed by atoms with Crippen molar-refractivity contribution in [2.45, 2.75) is 51.2 Å². The van der Waals surface area contributed by atoms with Gasteiger partial charge in [-0.15, -0.1) is 0 Å². The fourth-order valence-corrected chi connectivity index (χ4v) is 5.55. The average molecular weight is 536 g/mol. The van der Waals surface area contributed by atoms with Crippen molar-refractivity contribution in [2.75, 3.05) is 31.6 Å². The number of aliphatic hydroxyl groups excluding tert-OH is 1. The summed E-state index contributed by atoms with van der Waals surface area (Å²) >= 11 is 0. The van der Waals surface area contributed by atoms with Crippen molar-refractivity contribution in [2.24, 2.45) is 0 Å². The zero-order valence-corrected chi connectivity index (χ0v) is 22.0. The number of ether oxygens (including phenoxy) is 1. The van der Waals surface area contributed by atoms with Crippen LogP contribution in [-0.4, -0.2) is 66.9 Å². The number of aryl methyl sites for hydroxylation is 1. The molecule has 0 radical (unpaired) electrons. The molecule has 6 rings (SSSR count). The van der Waals surface area contributed by atoms with Crippen molar-refractivity contribution in [1.29, 1.82) is 0 Å². The highest BCUT2D eigenvalue weighted by Crippen LogP contribution is 2.38. The zero-order valence-electron chi connectivity index (χ0n) is 22.0. The van der Waals surface area contributed by atoms with E-state index in [1.165, 1.54) is 6.07 Å². The third-order valence-electron chi connectivity index (χ3n) is 7.60. The third kappa shape index (κ3) is 5.04. The van der Waals surface area contributed by atoms with Crippen LogP contribution in [0.2, 0.25) is 0 Å². The van der Waals surface area contributed by atoms with E-state index in [0.29, 0.717) is 29.2 Å². The maximum atomic E-state index is 15.1. The molecule has 5 heterocycles. The third-order valence-corrected chi connectivity index (χ3v) is 7.60. The van der Waals surface area contributed by atoms with Gasteiger partial charge in [-0.3, -0.25) is 0 Å². The first-order valence-electron chi connectivity index (χ1n) is 13.3. The first kappa shape index (κ1) is 25.6. The van der Waals surface area contributed by atoms with E-state index in [9.17, 15) is 4.39 Å². The molecule has 1 aromatic carbocycles. The number of aliphatic hydroxyl groups is 1. The highest BCUT2D eigenvalue weighted by molar-refractivity contribution is 5.83. The number of rotatable bonds is 7. The minimum atomic E-state index is -0.651. The van der Waals surface area contributed by atoms with E-state index in [2.05, 4.69) is 44.0 Å². The summed E-state index contributed by atoms with van der Waals surface area (Å²) in [5.41, 5.74) is 1.02. The molecule has 0 bridgehead atoms. The second-order valence-electron chi connectivity index (χ2n) is 10.8. The summed E-state index contributed by atoms with van der Waals surface area (Å²) in [5.74, 6) is 0.937. The van der Waals surface area contributed by atoms with E-state index < -0.39 is 11.6 Å². The van der Waals surface area contributed by atoms with Crippen LogP contribution in [0.5, 0.6) is 5.75 Å². The first-order chi connectivity index (χ1) is 18.8. The van der Waals surface area contributed by atoms with Crippen LogP contribution in [0.1, 0.15) is 38.9 Å². The van der Waals surface area contributed by atoms with Crippen molar-refractivity contribution >= 4 is 22.8 Å². The van der Waals surface area contributed by atoms with Gasteiger partial charge in [0.1, 0.15) is 34.7 Å². The molecular formula is C28H31F2N7O2. The fraction of sp³-hybridized carbons (Fsp3) is 0.429. The Morgan fingerprint density at radius 3 is 2.64 bits per heavy atom. The fourth-order valence-electron chi connectivity index (χ4n) is 5.55. The molecule has 39 heavy (non-hydrogen) atoms. The Bertz CT molecular complexity index is 1500. The topological polar surface area (TPSA) is 101 Å². The standard InChI is InChI=1S/C28H31F2N7O2/c1-28(2)8-5-24-34-26-20(29)13-17(14-22(26)37(24)28)25-21(30)16-32-27(35-25)33-23-4-3-19(15-31-23)39-18-6-9-36(10-7-18)11-12-38/h3-4,13-16,18,38H,5-12H2,1-2H3,(H,31,32,33,35). The number of nitrogens with zero attached hydrogens (tertiary/aromatic N) is 6. The predicted molar refractivity (Wildman–Crippen MR) is 143 cm³/mol. The molecule has 204 valence electrons. The van der Waals surface area contributed by atoms with Gasteiger partial charge in [0.2, 0.25) is 5.95 Å². The molecule has 0 amide bonds. The Labute approximate surface area is 224 Å². The molecule has 2 aliphatic heterocycles. The maximum Gasteiger partial charge on any atom is 0.229 e. The molecule has 9 nitrogen and oxygen atoms in total. The summed E-state index contributed by atoms with van der Waals surface area (Å²) in [7, 11) is 0. The highest BCUT2D eigenvalue weighted by Gasteiger charge is 2.33. The lowest BCUT2D eigenvalue weighted by atomic mass is 10.0. The predicted octanol–water partition coefficient (Wildman–Crippen LogP) is 4.43. The quantitative estimate of drug-likeness (QED) is 0.359. The van der Waals surface area contributed by atoms with Gasteiger partial charge in [0.05, 0.1) is 24.5 Å². The number of anilines is 2. The van der Waals surface area contributed by atoms with Crippen LogP contribution in [0.15, 0.2) is 36.7 Å². The van der Waals surface area contributed by atoms with Crippen LogP contribution in [0, 0.1) is 11.6 Å². The minimum absolute atomic E-state index is 0.00727. The smallest absolute Gasteiger partial charge is 0.229 e. The van der Waals surface area contributed by atoms with Gasteiger partial charge in [-0.1, -0.05) is 0 Å². The lowest BCUT2D eigenvalue weighted by Gasteiger charge is -2.31. The zero-order chi connectivity index (χ0) is 27.1. The second-order valence-corrected chi connectivity index (χ2v) is 10.8. The number of pyridine rings is 1. The number of likely N-dealkylation sites (tertiary alicyclic amines) is 1. The normalized spacial score (nSPS) is 17.5. The molecule has 0 unspecified atom stereocenters. The summed E-state index contributed by atoms with van der Waals surface area (Å²) in [6.45, 7) is 6.82. The van der Waals surface area contributed by atoms with E-state index in [4.69, 9.17) is 9.84 Å². The summed E-state index contributed by atoms with van der Waals surface area (Å²) in [4.78, 5) is 19.5. The number of hydrogen-bond acceptors (Lipinski definition) is 8. The van der Waals surface area contributed by atoms with Gasteiger partial charge in [0, 0.05) is 37.2 Å². The molecule has 0 atom stereocenters. The van der Waals surface area contributed by atoms with Crippen LogP contribution >= 0.6 is 0 Å². The number of hydrogen-bond donors (Lipinski definition) is 2. The Hall–Kier alpha value is -3.70. The van der Waals surface area contributed by atoms with Crippen molar-refractivity contribution in [3.8, 4) is 17.0 Å². The molecule has 4 aromatic rings. The Morgan fingerprint density at radius 1 is 1.08 bits per heavy atom. The molecule has 0 aliphatic carbocycles. The van der Waals surface area contributed by atoms with Crippen molar-refractivity contribution in [3.63, 3.8) is 0 Å². The maximum absolute atomic E-state index is 15.1. The van der Waals surface area contributed by atoms with Crippen LogP contribution < -0.4 is 10.1 Å². The molecule has 0 saturated carbocycles. The Balaban J connectivity index is 1.19. The number of nitrogens with one attached hydrogen (secondary N) is 1. The lowest BCUT2D eigenvalue weighted by Crippen LogP contribution is -2.39. The number of aromatic nitrogens is 5. The number of imidazole rings is 1. The summed E-state index contributed by atoms with van der Waals surface area (Å²) in [6, 6.07) is 6.57. The molecule has 0 spiro atoms. The van der Waals surface area contributed by atoms with Crippen LogP contribution in [0.25, 0.3) is 22.3 Å². The minimum Gasteiger partial charge on any atom is -0.489 e.